The molecule has 5 nitrogen and oxygen atoms in total. The van der Waals surface area contributed by atoms with Gasteiger partial charge in [0, 0.05) is 33.8 Å². The number of rotatable bonds is 2. The number of hydrogen-bond acceptors (Lipinski definition) is 4. The maximum Gasteiger partial charge on any atom is 0.0885 e. The van der Waals surface area contributed by atoms with Gasteiger partial charge in [0.25, 0.3) is 0 Å². The summed E-state index contributed by atoms with van der Waals surface area (Å²) in [5.41, 5.74) is 2.27. The monoisotopic (exact) mass is 453 g/mol. The van der Waals surface area contributed by atoms with Crippen molar-refractivity contribution >= 4 is 10.9 Å². The highest BCUT2D eigenvalue weighted by atomic mass is 16.5. The predicted octanol–water partition coefficient (Wildman–Crippen LogP) is 4.08. The van der Waals surface area contributed by atoms with Crippen LogP contribution in [-0.4, -0.2) is 50.8 Å². The Kier molecular flexibility index (Phi) is 4.58. The van der Waals surface area contributed by atoms with Crippen LogP contribution < -0.4 is 0 Å². The van der Waals surface area contributed by atoms with Crippen LogP contribution in [-0.2, 0) is 16.6 Å². The summed E-state index contributed by atoms with van der Waals surface area (Å²) in [4.78, 5) is 3.83. The molecule has 0 spiro atoms. The van der Waals surface area contributed by atoms with Crippen LogP contribution in [0.1, 0.15) is 71.1 Å². The topological polar surface area (TPSA) is 85.7 Å². The summed E-state index contributed by atoms with van der Waals surface area (Å²) < 4.78 is 6.50. The zero-order chi connectivity index (χ0) is 23.4. The third-order valence-corrected chi connectivity index (χ3v) is 11.0. The summed E-state index contributed by atoms with van der Waals surface area (Å²) in [7, 11) is 0. The fraction of sp³-hybridized carbons (Fsp3) is 0.714. The highest BCUT2D eigenvalue weighted by molar-refractivity contribution is 5.86. The van der Waals surface area contributed by atoms with E-state index in [1.807, 2.05) is 0 Å². The van der Waals surface area contributed by atoms with Gasteiger partial charge in [-0.2, -0.15) is 0 Å². The second-order valence-electron chi connectivity index (χ2n) is 12.5. The Morgan fingerprint density at radius 2 is 1.91 bits per heavy atom. The molecule has 1 aromatic carbocycles. The van der Waals surface area contributed by atoms with E-state index in [4.69, 9.17) is 4.74 Å². The standard InChI is InChI=1S/C28H39NO4/c1-25(2,32)23-14-21(31)28(15-30)20-10-9-16-13-18-17-7-5-6-8-19(17)29-24(18)27(16,4)26(20,3)12-11-22(28)33-23/h5-8,16,20-23,29-32H,9-15H2,1-4H3/t16-,20-,21-,22+,23+,26+,27-,28-/m0/s1. The van der Waals surface area contributed by atoms with E-state index in [1.54, 1.807) is 13.8 Å². The first-order valence-electron chi connectivity index (χ1n) is 12.8. The number of nitrogens with one attached hydrogen (secondary N) is 1. The molecule has 6 rings (SSSR count). The molecule has 2 aromatic rings. The lowest BCUT2D eigenvalue weighted by molar-refractivity contribution is -0.295. The molecule has 4 aliphatic rings. The summed E-state index contributed by atoms with van der Waals surface area (Å²) in [5, 5.41) is 34.5. The van der Waals surface area contributed by atoms with Crippen molar-refractivity contribution in [3.05, 3.63) is 35.5 Å². The smallest absolute Gasteiger partial charge is 0.0885 e. The van der Waals surface area contributed by atoms with Gasteiger partial charge in [0.2, 0.25) is 0 Å². The van der Waals surface area contributed by atoms with Crippen molar-refractivity contribution in [1.82, 2.24) is 4.98 Å². The molecule has 3 aliphatic carbocycles. The third-order valence-electron chi connectivity index (χ3n) is 11.0. The molecule has 1 saturated heterocycles. The fourth-order valence-electron chi connectivity index (χ4n) is 9.01. The van der Waals surface area contributed by atoms with Crippen LogP contribution in [0.4, 0.5) is 0 Å². The first kappa shape index (κ1) is 22.1. The summed E-state index contributed by atoms with van der Waals surface area (Å²) in [6.45, 7) is 8.31. The van der Waals surface area contributed by atoms with E-state index in [-0.39, 0.29) is 29.5 Å². The number of ether oxygens (including phenoxy) is 1. The van der Waals surface area contributed by atoms with Gasteiger partial charge in [0.15, 0.2) is 0 Å². The predicted molar refractivity (Wildman–Crippen MR) is 128 cm³/mol. The number of para-hydroxylation sites is 1. The number of aromatic nitrogens is 1. The average molecular weight is 454 g/mol. The molecule has 8 atom stereocenters. The number of aliphatic hydroxyl groups is 3. The van der Waals surface area contributed by atoms with Gasteiger partial charge in [-0.05, 0) is 74.8 Å². The van der Waals surface area contributed by atoms with Crippen LogP contribution in [0.15, 0.2) is 24.3 Å². The maximum atomic E-state index is 11.6. The molecule has 1 aliphatic heterocycles. The molecule has 0 radical (unpaired) electrons. The minimum absolute atomic E-state index is 0.0375. The molecule has 4 N–H and O–H groups in total. The summed E-state index contributed by atoms with van der Waals surface area (Å²) >= 11 is 0. The zero-order valence-electron chi connectivity index (χ0n) is 20.4. The van der Waals surface area contributed by atoms with Crippen molar-refractivity contribution in [2.45, 2.75) is 95.5 Å². The molecule has 2 saturated carbocycles. The van der Waals surface area contributed by atoms with Crippen molar-refractivity contribution in [2.24, 2.45) is 22.7 Å². The quantitative estimate of drug-likeness (QED) is 0.552. The Morgan fingerprint density at radius 1 is 1.15 bits per heavy atom. The van der Waals surface area contributed by atoms with Crippen LogP contribution in [0, 0.1) is 22.7 Å². The van der Waals surface area contributed by atoms with Gasteiger partial charge in [-0.25, -0.2) is 0 Å². The van der Waals surface area contributed by atoms with Crippen LogP contribution >= 0.6 is 0 Å². The molecule has 0 amide bonds. The van der Waals surface area contributed by atoms with E-state index in [1.165, 1.54) is 22.2 Å². The van der Waals surface area contributed by atoms with Crippen molar-refractivity contribution in [3.8, 4) is 0 Å². The van der Waals surface area contributed by atoms with Gasteiger partial charge >= 0.3 is 0 Å². The molecule has 2 heterocycles. The number of fused-ring (bicyclic) bond motifs is 9. The fourth-order valence-corrected chi connectivity index (χ4v) is 9.01. The minimum atomic E-state index is -1.02. The Balaban J connectivity index is 1.46. The Bertz CT molecular complexity index is 1090. The number of benzene rings is 1. The van der Waals surface area contributed by atoms with Crippen molar-refractivity contribution in [3.63, 3.8) is 0 Å². The Labute approximate surface area is 196 Å². The van der Waals surface area contributed by atoms with Gasteiger partial charge in [-0.1, -0.05) is 32.0 Å². The van der Waals surface area contributed by atoms with Crippen LogP contribution in [0.3, 0.4) is 0 Å². The molecule has 0 unspecified atom stereocenters. The molecule has 0 bridgehead atoms. The lowest BCUT2D eigenvalue weighted by atomic mass is 9.39. The van der Waals surface area contributed by atoms with E-state index in [9.17, 15) is 15.3 Å². The molecule has 180 valence electrons. The summed E-state index contributed by atoms with van der Waals surface area (Å²) in [6, 6.07) is 8.65. The van der Waals surface area contributed by atoms with Crippen molar-refractivity contribution in [2.75, 3.05) is 6.61 Å². The Morgan fingerprint density at radius 3 is 2.64 bits per heavy atom. The minimum Gasteiger partial charge on any atom is -0.396 e. The first-order valence-corrected chi connectivity index (χ1v) is 12.8. The number of aliphatic hydroxyl groups excluding tert-OH is 2. The average Bonchev–Trinajstić information content (AvgIpc) is 3.28. The van der Waals surface area contributed by atoms with E-state index in [0.29, 0.717) is 12.3 Å². The number of H-pyrrole nitrogens is 1. The number of hydrogen-bond donors (Lipinski definition) is 4. The first-order chi connectivity index (χ1) is 15.6. The molecular weight excluding hydrogens is 414 g/mol. The molecule has 1 aromatic heterocycles. The van der Waals surface area contributed by atoms with Gasteiger partial charge < -0.3 is 25.0 Å². The highest BCUT2D eigenvalue weighted by Crippen LogP contribution is 2.71. The van der Waals surface area contributed by atoms with Crippen molar-refractivity contribution in [1.29, 1.82) is 0 Å². The van der Waals surface area contributed by atoms with E-state index < -0.39 is 23.2 Å². The maximum absolute atomic E-state index is 11.6. The van der Waals surface area contributed by atoms with Crippen molar-refractivity contribution < 1.29 is 20.1 Å². The molecule has 3 fully saturated rings. The third kappa shape index (κ3) is 2.57. The second-order valence-corrected chi connectivity index (χ2v) is 12.5. The summed E-state index contributed by atoms with van der Waals surface area (Å²) in [5.74, 6) is 0.729. The lowest BCUT2D eigenvalue weighted by Crippen LogP contribution is -2.70. The SMILES string of the molecule is CC(C)(O)[C@H]1C[C@H](O)[C@]2(CO)[C@H]3CC[C@H]4Cc5c([nH]c6ccccc56)[C@@]4(C)[C@]3(C)CC[C@H]2O1. The second kappa shape index (κ2) is 6.84. The highest BCUT2D eigenvalue weighted by Gasteiger charge is 2.70. The van der Waals surface area contributed by atoms with Gasteiger partial charge in [-0.15, -0.1) is 0 Å². The van der Waals surface area contributed by atoms with Gasteiger partial charge in [0.05, 0.1) is 30.5 Å². The largest absolute Gasteiger partial charge is 0.396 e. The zero-order valence-corrected chi connectivity index (χ0v) is 20.4. The number of aromatic amines is 1. The normalized spacial score (nSPS) is 44.8. The Hall–Kier alpha value is -1.40. The molecule has 33 heavy (non-hydrogen) atoms. The van der Waals surface area contributed by atoms with E-state index in [0.717, 1.165) is 32.1 Å². The van der Waals surface area contributed by atoms with E-state index in [2.05, 4.69) is 43.1 Å². The summed E-state index contributed by atoms with van der Waals surface area (Å²) in [6.07, 6.45) is 4.04. The molecule has 5 heteroatoms. The van der Waals surface area contributed by atoms with Crippen LogP contribution in [0.5, 0.6) is 0 Å². The van der Waals surface area contributed by atoms with Crippen LogP contribution in [0.2, 0.25) is 0 Å². The van der Waals surface area contributed by atoms with E-state index >= 15 is 0 Å². The lowest BCUT2D eigenvalue weighted by Gasteiger charge is -2.68. The van der Waals surface area contributed by atoms with Gasteiger partial charge in [-0.3, -0.25) is 0 Å². The van der Waals surface area contributed by atoms with Crippen LogP contribution in [0.25, 0.3) is 10.9 Å². The molecular formula is C28H39NO4. The van der Waals surface area contributed by atoms with Gasteiger partial charge in [0.1, 0.15) is 0 Å².